The Morgan fingerprint density at radius 2 is 1.55 bits per heavy atom. The predicted molar refractivity (Wildman–Crippen MR) is 121 cm³/mol. The second-order valence-corrected chi connectivity index (χ2v) is 7.85. The molecule has 0 aliphatic carbocycles. The minimum absolute atomic E-state index is 0.153. The molecule has 1 amide bonds. The molecule has 0 saturated carbocycles. The van der Waals surface area contributed by atoms with Crippen molar-refractivity contribution in [2.75, 3.05) is 30.4 Å². The van der Waals surface area contributed by atoms with Crippen LogP contribution >= 0.6 is 0 Å². The molecule has 0 bridgehead atoms. The first-order chi connectivity index (χ1) is 14.9. The normalized spacial score (nSPS) is 13.6. The van der Waals surface area contributed by atoms with Crippen LogP contribution in [0, 0.1) is 0 Å². The summed E-state index contributed by atoms with van der Waals surface area (Å²) < 4.78 is 7.88. The van der Waals surface area contributed by atoms with Gasteiger partial charge < -0.3 is 24.1 Å². The van der Waals surface area contributed by atoms with Crippen LogP contribution in [0.1, 0.15) is 18.4 Å². The number of amides is 1. The Balaban J connectivity index is 1.73. The number of aryl methyl sites for hydroxylation is 2. The largest absolute Gasteiger partial charge is 0.497 e. The van der Waals surface area contributed by atoms with Gasteiger partial charge >= 0.3 is 11.1 Å². The van der Waals surface area contributed by atoms with Gasteiger partial charge in [0.25, 0.3) is 0 Å². The number of benzene rings is 2. The fourth-order valence-corrected chi connectivity index (χ4v) is 4.05. The molecule has 8 nitrogen and oxygen atoms in total. The van der Waals surface area contributed by atoms with Crippen molar-refractivity contribution in [3.8, 4) is 5.75 Å². The van der Waals surface area contributed by atoms with E-state index in [4.69, 9.17) is 4.74 Å². The zero-order valence-electron chi connectivity index (χ0n) is 18.0. The summed E-state index contributed by atoms with van der Waals surface area (Å²) in [5.41, 5.74) is 2.45. The number of anilines is 2. The highest BCUT2D eigenvalue weighted by atomic mass is 16.5. The first kappa shape index (κ1) is 20.7. The molecule has 1 aliphatic heterocycles. The summed E-state index contributed by atoms with van der Waals surface area (Å²) in [5.74, 6) is 0.585. The van der Waals surface area contributed by atoms with Crippen molar-refractivity contribution in [2.24, 2.45) is 14.1 Å². The van der Waals surface area contributed by atoms with E-state index in [2.05, 4.69) is 10.2 Å². The average Bonchev–Trinajstić information content (AvgIpc) is 3.31. The van der Waals surface area contributed by atoms with Crippen molar-refractivity contribution >= 4 is 28.3 Å². The summed E-state index contributed by atoms with van der Waals surface area (Å²) >= 11 is 0. The number of nitrogens with zero attached hydrogens (tertiary/aromatic N) is 3. The molecule has 1 fully saturated rings. The summed E-state index contributed by atoms with van der Waals surface area (Å²) in [6.07, 6.45) is 2.36. The lowest BCUT2D eigenvalue weighted by molar-refractivity contribution is -0.115. The van der Waals surface area contributed by atoms with Gasteiger partial charge in [-0.15, -0.1) is 0 Å². The minimum atomic E-state index is -0.598. The molecule has 1 aromatic heterocycles. The number of aromatic nitrogens is 2. The molecule has 0 radical (unpaired) electrons. The van der Waals surface area contributed by atoms with Gasteiger partial charge in [-0.05, 0) is 42.7 Å². The van der Waals surface area contributed by atoms with Crippen LogP contribution in [0.15, 0.2) is 46.0 Å². The molecule has 3 aromatic rings. The van der Waals surface area contributed by atoms with Gasteiger partial charge in [0.1, 0.15) is 5.75 Å². The van der Waals surface area contributed by atoms with E-state index in [1.807, 2.05) is 30.3 Å². The Morgan fingerprint density at radius 3 is 2.13 bits per heavy atom. The van der Waals surface area contributed by atoms with E-state index in [1.54, 1.807) is 27.3 Å². The highest BCUT2D eigenvalue weighted by Gasteiger charge is 2.20. The molecule has 1 saturated heterocycles. The monoisotopic (exact) mass is 422 g/mol. The van der Waals surface area contributed by atoms with E-state index >= 15 is 0 Å². The Bertz CT molecular complexity index is 1250. The van der Waals surface area contributed by atoms with E-state index in [-0.39, 0.29) is 12.3 Å². The van der Waals surface area contributed by atoms with E-state index in [1.165, 1.54) is 9.13 Å². The van der Waals surface area contributed by atoms with Crippen LogP contribution in [0.25, 0.3) is 11.0 Å². The molecule has 1 N–H and O–H groups in total. The van der Waals surface area contributed by atoms with Gasteiger partial charge in [0, 0.05) is 27.2 Å². The van der Waals surface area contributed by atoms with Crippen molar-refractivity contribution in [3.63, 3.8) is 0 Å². The van der Waals surface area contributed by atoms with Crippen molar-refractivity contribution in [1.29, 1.82) is 0 Å². The van der Waals surface area contributed by atoms with Gasteiger partial charge in [-0.2, -0.15) is 0 Å². The van der Waals surface area contributed by atoms with E-state index in [9.17, 15) is 14.4 Å². The smallest absolute Gasteiger partial charge is 0.316 e. The van der Waals surface area contributed by atoms with Crippen LogP contribution in [0.4, 0.5) is 11.4 Å². The molecular formula is C23H26N4O4. The maximum atomic E-state index is 12.8. The standard InChI is InChI=1S/C23H26N4O4/c1-25-19-13-17(24-21(28)12-15-6-8-16(31-3)9-7-15)18(27-10-4-5-11-27)14-20(19)26(2)23(30)22(25)29/h6-9,13-14H,4-5,10-12H2,1-3H3,(H,24,28). The third-order valence-electron chi connectivity index (χ3n) is 5.85. The zero-order chi connectivity index (χ0) is 22.1. The zero-order valence-corrected chi connectivity index (χ0v) is 18.0. The van der Waals surface area contributed by atoms with E-state index in [0.717, 1.165) is 42.9 Å². The van der Waals surface area contributed by atoms with Crippen LogP contribution < -0.4 is 26.1 Å². The lowest BCUT2D eigenvalue weighted by atomic mass is 10.1. The summed E-state index contributed by atoms with van der Waals surface area (Å²) in [6.45, 7) is 1.76. The molecule has 1 aliphatic rings. The van der Waals surface area contributed by atoms with Crippen molar-refractivity contribution in [1.82, 2.24) is 9.13 Å². The Hall–Kier alpha value is -3.55. The Morgan fingerprint density at radius 1 is 0.968 bits per heavy atom. The fourth-order valence-electron chi connectivity index (χ4n) is 4.05. The van der Waals surface area contributed by atoms with Gasteiger partial charge in [0.05, 0.1) is 35.9 Å². The van der Waals surface area contributed by atoms with Crippen LogP contribution in [0.3, 0.4) is 0 Å². The lowest BCUT2D eigenvalue weighted by Crippen LogP contribution is -2.39. The molecule has 0 atom stereocenters. The SMILES string of the molecule is COc1ccc(CC(=O)Nc2cc3c(cc2N2CCCC2)n(C)c(=O)c(=O)n3C)cc1. The maximum Gasteiger partial charge on any atom is 0.316 e. The fraction of sp³-hybridized carbons (Fsp3) is 0.348. The number of ether oxygens (including phenoxy) is 1. The van der Waals surface area contributed by atoms with Crippen molar-refractivity contribution in [2.45, 2.75) is 19.3 Å². The van der Waals surface area contributed by atoms with Gasteiger partial charge in [-0.1, -0.05) is 12.1 Å². The van der Waals surface area contributed by atoms with Crippen LogP contribution in [0.5, 0.6) is 5.75 Å². The first-order valence-corrected chi connectivity index (χ1v) is 10.3. The molecule has 0 spiro atoms. The van der Waals surface area contributed by atoms with Gasteiger partial charge in [0.15, 0.2) is 0 Å². The Labute approximate surface area is 179 Å². The average molecular weight is 422 g/mol. The van der Waals surface area contributed by atoms with E-state index in [0.29, 0.717) is 16.7 Å². The molecule has 162 valence electrons. The third kappa shape index (κ3) is 3.93. The summed E-state index contributed by atoms with van der Waals surface area (Å²) in [5, 5.41) is 3.02. The van der Waals surface area contributed by atoms with Crippen molar-refractivity contribution < 1.29 is 9.53 Å². The number of carbonyl (C=O) groups excluding carboxylic acids is 1. The summed E-state index contributed by atoms with van der Waals surface area (Å²) in [4.78, 5) is 39.6. The molecule has 2 heterocycles. The molecule has 8 heteroatoms. The Kier molecular flexibility index (Phi) is 5.54. The molecular weight excluding hydrogens is 396 g/mol. The van der Waals surface area contributed by atoms with Gasteiger partial charge in [0.2, 0.25) is 5.91 Å². The minimum Gasteiger partial charge on any atom is -0.497 e. The highest BCUT2D eigenvalue weighted by Crippen LogP contribution is 2.33. The number of carbonyl (C=O) groups is 1. The molecule has 31 heavy (non-hydrogen) atoms. The number of hydrogen-bond donors (Lipinski definition) is 1. The topological polar surface area (TPSA) is 85.6 Å². The molecule has 0 unspecified atom stereocenters. The van der Waals surface area contributed by atoms with Crippen LogP contribution in [-0.4, -0.2) is 35.2 Å². The molecule has 4 rings (SSSR count). The second-order valence-electron chi connectivity index (χ2n) is 7.85. The molecule has 2 aromatic carbocycles. The number of methoxy groups -OCH3 is 1. The summed E-state index contributed by atoms with van der Waals surface area (Å²) in [7, 11) is 4.77. The third-order valence-corrected chi connectivity index (χ3v) is 5.85. The number of rotatable bonds is 5. The van der Waals surface area contributed by atoms with Gasteiger partial charge in [-0.3, -0.25) is 14.4 Å². The van der Waals surface area contributed by atoms with Crippen molar-refractivity contribution in [3.05, 3.63) is 62.7 Å². The van der Waals surface area contributed by atoms with E-state index < -0.39 is 11.1 Å². The lowest BCUT2D eigenvalue weighted by Gasteiger charge is -2.23. The highest BCUT2D eigenvalue weighted by molar-refractivity contribution is 5.99. The number of fused-ring (bicyclic) bond motifs is 1. The maximum absolute atomic E-state index is 12.8. The summed E-state index contributed by atoms with van der Waals surface area (Å²) in [6, 6.07) is 11.1. The first-order valence-electron chi connectivity index (χ1n) is 10.3. The number of nitrogens with one attached hydrogen (secondary N) is 1. The second kappa shape index (κ2) is 8.29. The predicted octanol–water partition coefficient (Wildman–Crippen LogP) is 2.03. The number of hydrogen-bond acceptors (Lipinski definition) is 5. The van der Waals surface area contributed by atoms with Gasteiger partial charge in [-0.25, -0.2) is 0 Å². The van der Waals surface area contributed by atoms with Crippen LogP contribution in [-0.2, 0) is 25.3 Å². The quantitative estimate of drug-likeness (QED) is 0.636. The van der Waals surface area contributed by atoms with Crippen LogP contribution in [0.2, 0.25) is 0 Å².